The second-order valence-electron chi connectivity index (χ2n) is 5.42. The average Bonchev–Trinajstić information content (AvgIpc) is 2.58. The van der Waals surface area contributed by atoms with Gasteiger partial charge in [-0.1, -0.05) is 0 Å². The summed E-state index contributed by atoms with van der Waals surface area (Å²) < 4.78 is 39.5. The minimum atomic E-state index is -5.36. The number of alkyl halides is 3. The van der Waals surface area contributed by atoms with Crippen LogP contribution in [0.15, 0.2) is 24.3 Å². The number of ether oxygens (including phenoxy) is 1. The fraction of sp³-hybridized carbons (Fsp3) is 0.250. The van der Waals surface area contributed by atoms with Crippen LogP contribution < -0.4 is 16.8 Å². The molecule has 0 aliphatic carbocycles. The molecular weight excluding hydrogens is 387 g/mol. The molecule has 0 saturated carbocycles. The van der Waals surface area contributed by atoms with E-state index in [0.29, 0.717) is 16.9 Å². The molecule has 0 heterocycles. The van der Waals surface area contributed by atoms with Crippen LogP contribution in [0.1, 0.15) is 18.4 Å². The van der Waals surface area contributed by atoms with Crippen LogP contribution >= 0.6 is 0 Å². The van der Waals surface area contributed by atoms with E-state index in [9.17, 15) is 32.3 Å². The Morgan fingerprint density at radius 3 is 2.43 bits per heavy atom. The summed E-state index contributed by atoms with van der Waals surface area (Å²) in [4.78, 5) is 44.7. The number of hydrogen-bond donors (Lipinski definition) is 4. The molecular formula is C16H16F3N3O6. The zero-order valence-electron chi connectivity index (χ0n) is 14.2. The highest BCUT2D eigenvalue weighted by atomic mass is 19.4. The molecule has 9 nitrogen and oxygen atoms in total. The number of benzene rings is 1. The standard InChI is InChI=1S/C16H16F3N3O6/c17-16(18,19)15(27)28-13(24)6-4-11(14(25)26)22-12(23)5-1-8-7-9(20)2-3-10(8)21/h1-3,5,7,11H,4,6,20-21H2,(H,22,23)(H,25,26)/t11-/m0/s1. The van der Waals surface area contributed by atoms with Crippen molar-refractivity contribution in [2.45, 2.75) is 25.1 Å². The van der Waals surface area contributed by atoms with Crippen molar-refractivity contribution in [3.8, 4) is 0 Å². The van der Waals surface area contributed by atoms with Crippen LogP contribution in [0, 0.1) is 0 Å². The Balaban J connectivity index is 2.64. The molecule has 152 valence electrons. The van der Waals surface area contributed by atoms with Crippen LogP contribution in [0.3, 0.4) is 0 Å². The highest BCUT2D eigenvalue weighted by molar-refractivity contribution is 5.95. The van der Waals surface area contributed by atoms with E-state index in [2.05, 4.69) is 4.74 Å². The summed E-state index contributed by atoms with van der Waals surface area (Å²) in [6, 6.07) is 2.90. The number of esters is 2. The fourth-order valence-electron chi connectivity index (χ4n) is 1.85. The van der Waals surface area contributed by atoms with Gasteiger partial charge in [0.05, 0.1) is 0 Å². The van der Waals surface area contributed by atoms with Gasteiger partial charge in [-0.05, 0) is 36.3 Å². The minimum Gasteiger partial charge on any atom is -0.480 e. The van der Waals surface area contributed by atoms with Gasteiger partial charge in [-0.15, -0.1) is 0 Å². The quantitative estimate of drug-likeness (QED) is 0.225. The third-order valence-corrected chi connectivity index (χ3v) is 3.21. The number of carboxylic acids is 1. The maximum Gasteiger partial charge on any atom is 0.491 e. The Bertz CT molecular complexity index is 807. The first-order chi connectivity index (χ1) is 12.9. The fourth-order valence-corrected chi connectivity index (χ4v) is 1.85. The number of carbonyl (C=O) groups is 4. The Labute approximate surface area is 156 Å². The minimum absolute atomic E-state index is 0.310. The van der Waals surface area contributed by atoms with Crippen molar-refractivity contribution in [3.63, 3.8) is 0 Å². The van der Waals surface area contributed by atoms with Gasteiger partial charge in [0.15, 0.2) is 0 Å². The summed E-state index contributed by atoms with van der Waals surface area (Å²) in [5, 5.41) is 11.1. The summed E-state index contributed by atoms with van der Waals surface area (Å²) in [5.74, 6) is -6.70. The van der Waals surface area contributed by atoms with E-state index in [1.807, 2.05) is 5.32 Å². The van der Waals surface area contributed by atoms with Crippen molar-refractivity contribution < 1.29 is 42.2 Å². The molecule has 0 bridgehead atoms. The van der Waals surface area contributed by atoms with Crippen LogP contribution in [-0.2, 0) is 23.9 Å². The molecule has 0 unspecified atom stereocenters. The molecule has 0 spiro atoms. The number of hydrogen-bond acceptors (Lipinski definition) is 7. The zero-order chi connectivity index (χ0) is 21.5. The molecule has 0 aliphatic rings. The summed E-state index contributed by atoms with van der Waals surface area (Å²) in [7, 11) is 0. The maximum atomic E-state index is 12.0. The van der Waals surface area contributed by atoms with E-state index in [-0.39, 0.29) is 0 Å². The lowest BCUT2D eigenvalue weighted by molar-refractivity contribution is -0.201. The number of nitrogens with two attached hydrogens (primary N) is 2. The summed E-state index contributed by atoms with van der Waals surface area (Å²) in [5.41, 5.74) is 12.4. The molecule has 1 amide bonds. The smallest absolute Gasteiger partial charge is 0.480 e. The van der Waals surface area contributed by atoms with Gasteiger partial charge in [-0.3, -0.25) is 9.59 Å². The third-order valence-electron chi connectivity index (χ3n) is 3.21. The highest BCUT2D eigenvalue weighted by Crippen LogP contribution is 2.18. The summed E-state index contributed by atoms with van der Waals surface area (Å²) >= 11 is 0. The molecule has 0 fully saturated rings. The molecule has 28 heavy (non-hydrogen) atoms. The molecule has 1 atom stereocenters. The van der Waals surface area contributed by atoms with Gasteiger partial charge in [-0.2, -0.15) is 13.2 Å². The number of rotatable bonds is 7. The lowest BCUT2D eigenvalue weighted by atomic mass is 10.1. The van der Waals surface area contributed by atoms with Gasteiger partial charge in [0, 0.05) is 23.9 Å². The third kappa shape index (κ3) is 7.35. The number of halogens is 3. The molecule has 6 N–H and O–H groups in total. The zero-order valence-corrected chi connectivity index (χ0v) is 14.2. The van der Waals surface area contributed by atoms with E-state index >= 15 is 0 Å². The summed E-state index contributed by atoms with van der Waals surface area (Å²) in [6.07, 6.45) is -4.56. The topological polar surface area (TPSA) is 162 Å². The van der Waals surface area contributed by atoms with Crippen molar-refractivity contribution in [3.05, 3.63) is 29.8 Å². The monoisotopic (exact) mass is 403 g/mol. The van der Waals surface area contributed by atoms with Gasteiger partial charge >= 0.3 is 24.1 Å². The lowest BCUT2D eigenvalue weighted by Gasteiger charge is -2.13. The first-order valence-electron chi connectivity index (χ1n) is 7.58. The van der Waals surface area contributed by atoms with Gasteiger partial charge in [0.25, 0.3) is 0 Å². The number of carboxylic acid groups (broad SMARTS) is 1. The van der Waals surface area contributed by atoms with Crippen molar-refractivity contribution in [1.82, 2.24) is 5.32 Å². The normalized spacial score (nSPS) is 12.4. The van der Waals surface area contributed by atoms with Crippen LogP contribution in [0.2, 0.25) is 0 Å². The van der Waals surface area contributed by atoms with Crippen molar-refractivity contribution in [2.24, 2.45) is 0 Å². The van der Waals surface area contributed by atoms with Crippen molar-refractivity contribution in [1.29, 1.82) is 0 Å². The van der Waals surface area contributed by atoms with Crippen LogP contribution in [0.4, 0.5) is 24.5 Å². The van der Waals surface area contributed by atoms with E-state index < -0.39 is 48.9 Å². The molecule has 1 aromatic rings. The van der Waals surface area contributed by atoms with E-state index in [1.165, 1.54) is 24.3 Å². The Kier molecular flexibility index (Phi) is 7.54. The van der Waals surface area contributed by atoms with Gasteiger partial charge < -0.3 is 26.6 Å². The number of nitrogen functional groups attached to an aromatic ring is 2. The van der Waals surface area contributed by atoms with E-state index in [1.54, 1.807) is 0 Å². The number of anilines is 2. The van der Waals surface area contributed by atoms with Gasteiger partial charge in [-0.25, -0.2) is 9.59 Å². The largest absolute Gasteiger partial charge is 0.491 e. The first kappa shape index (κ1) is 22.5. The predicted octanol–water partition coefficient (Wildman–Crippen LogP) is 0.846. The van der Waals surface area contributed by atoms with Crippen LogP contribution in [-0.4, -0.2) is 41.1 Å². The molecule has 1 aromatic carbocycles. The Morgan fingerprint density at radius 2 is 1.86 bits per heavy atom. The van der Waals surface area contributed by atoms with Crippen LogP contribution in [0.5, 0.6) is 0 Å². The Hall–Kier alpha value is -3.57. The molecule has 0 saturated heterocycles. The summed E-state index contributed by atoms with van der Waals surface area (Å²) in [6.45, 7) is 0. The van der Waals surface area contributed by atoms with Crippen LogP contribution in [0.25, 0.3) is 6.08 Å². The van der Waals surface area contributed by atoms with Gasteiger partial charge in [0.1, 0.15) is 6.04 Å². The number of nitrogens with one attached hydrogen (secondary N) is 1. The number of carbonyl (C=O) groups excluding carboxylic acids is 3. The molecule has 0 aromatic heterocycles. The SMILES string of the molecule is Nc1ccc(N)c(C=CC(=O)N[C@@H](CCC(=O)OC(=O)C(F)(F)F)C(=O)O)c1. The second kappa shape index (κ2) is 9.39. The molecule has 0 radical (unpaired) electrons. The lowest BCUT2D eigenvalue weighted by Crippen LogP contribution is -2.40. The number of amides is 1. The maximum absolute atomic E-state index is 12.0. The average molecular weight is 403 g/mol. The number of aliphatic carboxylic acids is 1. The van der Waals surface area contributed by atoms with Gasteiger partial charge in [0.2, 0.25) is 5.91 Å². The molecule has 1 rings (SSSR count). The van der Waals surface area contributed by atoms with Crippen molar-refractivity contribution in [2.75, 3.05) is 11.5 Å². The van der Waals surface area contributed by atoms with E-state index in [4.69, 9.17) is 16.6 Å². The molecule has 0 aliphatic heterocycles. The predicted molar refractivity (Wildman–Crippen MR) is 90.3 cm³/mol. The highest BCUT2D eigenvalue weighted by Gasteiger charge is 2.42. The first-order valence-corrected chi connectivity index (χ1v) is 7.58. The van der Waals surface area contributed by atoms with Crippen molar-refractivity contribution >= 4 is 41.3 Å². The van der Waals surface area contributed by atoms with E-state index in [0.717, 1.165) is 6.08 Å². The second-order valence-corrected chi connectivity index (χ2v) is 5.42. The molecule has 12 heteroatoms. The Morgan fingerprint density at radius 1 is 1.21 bits per heavy atom.